The number of carbonyl (C=O) groups is 1. The van der Waals surface area contributed by atoms with Gasteiger partial charge in [0.15, 0.2) is 15.2 Å². The molecule has 0 saturated carbocycles. The topological polar surface area (TPSA) is 54.5 Å². The van der Waals surface area contributed by atoms with Gasteiger partial charge in [-0.05, 0) is 30.9 Å². The lowest BCUT2D eigenvalue weighted by molar-refractivity contribution is 0.0606. The average Bonchev–Trinajstić information content (AvgIpc) is 3.01. The largest absolute Gasteiger partial charge is 0.465 e. The normalized spacial score (nSPS) is 14.5. The van der Waals surface area contributed by atoms with Crippen molar-refractivity contribution in [3.8, 4) is 0 Å². The average molecular weight is 366 g/mol. The highest BCUT2D eigenvalue weighted by molar-refractivity contribution is 7.18. The number of para-hydroxylation sites is 1. The van der Waals surface area contributed by atoms with Crippen molar-refractivity contribution in [2.24, 2.45) is 0 Å². The summed E-state index contributed by atoms with van der Waals surface area (Å²) in [5.74, 6) is -0.459. The molecule has 128 valence electrons. The molecule has 1 fully saturated rings. The molecule has 3 rings (SSSR count). The van der Waals surface area contributed by atoms with Crippen LogP contribution in [0.4, 0.5) is 10.8 Å². The van der Waals surface area contributed by atoms with E-state index in [0.29, 0.717) is 16.6 Å². The van der Waals surface area contributed by atoms with Gasteiger partial charge >= 0.3 is 5.97 Å². The van der Waals surface area contributed by atoms with Gasteiger partial charge < -0.3 is 15.0 Å². The lowest BCUT2D eigenvalue weighted by atomic mass is 10.1. The number of aromatic nitrogens is 1. The van der Waals surface area contributed by atoms with Gasteiger partial charge in [-0.25, -0.2) is 9.78 Å². The van der Waals surface area contributed by atoms with E-state index in [1.165, 1.54) is 49.0 Å². The van der Waals surface area contributed by atoms with Crippen molar-refractivity contribution in [2.45, 2.75) is 25.8 Å². The maximum atomic E-state index is 11.6. The molecule has 1 saturated heterocycles. The van der Waals surface area contributed by atoms with Crippen LogP contribution < -0.4 is 10.2 Å². The Labute approximate surface area is 150 Å². The molecule has 1 aliphatic heterocycles. The van der Waals surface area contributed by atoms with E-state index >= 15 is 0 Å². The van der Waals surface area contributed by atoms with Gasteiger partial charge in [-0.2, -0.15) is 0 Å². The number of nitrogens with zero attached hydrogens (tertiary/aromatic N) is 2. The summed E-state index contributed by atoms with van der Waals surface area (Å²) in [5, 5.41) is 4.07. The number of esters is 1. The molecule has 0 spiro atoms. The van der Waals surface area contributed by atoms with Gasteiger partial charge in [0.2, 0.25) is 0 Å². The van der Waals surface area contributed by atoms with Crippen molar-refractivity contribution >= 4 is 39.7 Å². The zero-order valence-corrected chi connectivity index (χ0v) is 15.1. The Morgan fingerprint density at radius 3 is 2.83 bits per heavy atom. The summed E-state index contributed by atoms with van der Waals surface area (Å²) in [4.78, 5) is 18.6. The summed E-state index contributed by atoms with van der Waals surface area (Å²) in [5.41, 5.74) is 2.48. The molecule has 2 heterocycles. The summed E-state index contributed by atoms with van der Waals surface area (Å²) in [6.07, 6.45) is 3.80. The van der Waals surface area contributed by atoms with E-state index in [-0.39, 0.29) is 5.15 Å². The molecule has 24 heavy (non-hydrogen) atoms. The summed E-state index contributed by atoms with van der Waals surface area (Å²) in [7, 11) is 1.33. The van der Waals surface area contributed by atoms with Crippen LogP contribution in [-0.2, 0) is 11.3 Å². The Morgan fingerprint density at radius 2 is 2.08 bits per heavy atom. The van der Waals surface area contributed by atoms with E-state index in [4.69, 9.17) is 16.3 Å². The fraction of sp³-hybridized carbons (Fsp3) is 0.412. The molecular weight excluding hydrogens is 346 g/mol. The molecule has 1 aliphatic rings. The Morgan fingerprint density at radius 1 is 1.33 bits per heavy atom. The van der Waals surface area contributed by atoms with Crippen LogP contribution in [0.25, 0.3) is 0 Å². The Kier molecular flexibility index (Phi) is 5.58. The Bertz CT molecular complexity index is 714. The second-order valence-corrected chi connectivity index (χ2v) is 7.02. The molecular formula is C17H20ClN3O2S. The number of nitrogens with one attached hydrogen (secondary N) is 1. The fourth-order valence-electron chi connectivity index (χ4n) is 2.87. The van der Waals surface area contributed by atoms with Gasteiger partial charge in [-0.3, -0.25) is 0 Å². The highest BCUT2D eigenvalue weighted by Crippen LogP contribution is 2.29. The van der Waals surface area contributed by atoms with Crippen molar-refractivity contribution in [3.05, 3.63) is 39.9 Å². The zero-order chi connectivity index (χ0) is 16.9. The Hall–Kier alpha value is -1.79. The second kappa shape index (κ2) is 7.85. The molecule has 1 aromatic heterocycles. The van der Waals surface area contributed by atoms with Crippen LogP contribution in [0, 0.1) is 0 Å². The van der Waals surface area contributed by atoms with Crippen LogP contribution in [0.15, 0.2) is 24.3 Å². The third kappa shape index (κ3) is 3.82. The molecule has 5 nitrogen and oxygen atoms in total. The SMILES string of the molecule is COC(=O)c1sc(NCc2ccccc2N2CCCCC2)nc1Cl. The number of carbonyl (C=O) groups excluding carboxylic acids is 1. The first kappa shape index (κ1) is 17.0. The quantitative estimate of drug-likeness (QED) is 0.805. The van der Waals surface area contributed by atoms with Crippen molar-refractivity contribution in [1.82, 2.24) is 4.98 Å². The highest BCUT2D eigenvalue weighted by atomic mass is 35.5. The van der Waals surface area contributed by atoms with Gasteiger partial charge in [-0.1, -0.05) is 41.1 Å². The van der Waals surface area contributed by atoms with E-state index in [1.807, 2.05) is 6.07 Å². The predicted molar refractivity (Wildman–Crippen MR) is 98.3 cm³/mol. The van der Waals surface area contributed by atoms with Gasteiger partial charge in [0, 0.05) is 25.3 Å². The van der Waals surface area contributed by atoms with Crippen LogP contribution in [0.2, 0.25) is 5.15 Å². The minimum Gasteiger partial charge on any atom is -0.465 e. The van der Waals surface area contributed by atoms with E-state index in [1.54, 1.807) is 0 Å². The lowest BCUT2D eigenvalue weighted by Gasteiger charge is -2.30. The van der Waals surface area contributed by atoms with Crippen molar-refractivity contribution in [3.63, 3.8) is 0 Å². The summed E-state index contributed by atoms with van der Waals surface area (Å²) in [6.45, 7) is 2.84. The first-order valence-electron chi connectivity index (χ1n) is 8.00. The summed E-state index contributed by atoms with van der Waals surface area (Å²) < 4.78 is 4.70. The van der Waals surface area contributed by atoms with Crippen LogP contribution in [0.3, 0.4) is 0 Å². The number of piperidine rings is 1. The molecule has 7 heteroatoms. The number of rotatable bonds is 5. The van der Waals surface area contributed by atoms with Gasteiger partial charge in [-0.15, -0.1) is 0 Å². The Balaban J connectivity index is 1.72. The van der Waals surface area contributed by atoms with Crippen LogP contribution >= 0.6 is 22.9 Å². The number of hydrogen-bond acceptors (Lipinski definition) is 6. The fourth-order valence-corrected chi connectivity index (χ4v) is 3.97. The summed E-state index contributed by atoms with van der Waals surface area (Å²) in [6, 6.07) is 8.40. The van der Waals surface area contributed by atoms with Crippen LogP contribution in [0.1, 0.15) is 34.5 Å². The van der Waals surface area contributed by atoms with Gasteiger partial charge in [0.25, 0.3) is 0 Å². The standard InChI is InChI=1S/C17H20ClN3O2S/c1-23-16(22)14-15(18)20-17(24-14)19-11-12-7-3-4-8-13(12)21-9-5-2-6-10-21/h3-4,7-8H,2,5-6,9-11H2,1H3,(H,19,20). The van der Waals surface area contributed by atoms with Crippen LogP contribution in [0.5, 0.6) is 0 Å². The zero-order valence-electron chi connectivity index (χ0n) is 13.5. The molecule has 0 bridgehead atoms. The predicted octanol–water partition coefficient (Wildman–Crippen LogP) is 4.19. The number of methoxy groups -OCH3 is 1. The minimum absolute atomic E-state index is 0.179. The molecule has 2 aromatic rings. The molecule has 0 atom stereocenters. The molecule has 0 aliphatic carbocycles. The number of thiazole rings is 1. The number of anilines is 2. The first-order chi connectivity index (χ1) is 11.7. The molecule has 0 amide bonds. The monoisotopic (exact) mass is 365 g/mol. The number of benzene rings is 1. The smallest absolute Gasteiger partial charge is 0.351 e. The van der Waals surface area contributed by atoms with Crippen molar-refractivity contribution in [1.29, 1.82) is 0 Å². The number of hydrogen-bond donors (Lipinski definition) is 1. The second-order valence-electron chi connectivity index (χ2n) is 5.66. The lowest BCUT2D eigenvalue weighted by Crippen LogP contribution is -2.30. The van der Waals surface area contributed by atoms with E-state index in [2.05, 4.69) is 33.4 Å². The molecule has 0 radical (unpaired) electrons. The molecule has 1 aromatic carbocycles. The van der Waals surface area contributed by atoms with E-state index < -0.39 is 5.97 Å². The van der Waals surface area contributed by atoms with Crippen molar-refractivity contribution in [2.75, 3.05) is 30.4 Å². The first-order valence-corrected chi connectivity index (χ1v) is 9.20. The van der Waals surface area contributed by atoms with Gasteiger partial charge in [0.1, 0.15) is 0 Å². The van der Waals surface area contributed by atoms with Crippen molar-refractivity contribution < 1.29 is 9.53 Å². The van der Waals surface area contributed by atoms with Gasteiger partial charge in [0.05, 0.1) is 7.11 Å². The maximum absolute atomic E-state index is 11.6. The molecule has 0 unspecified atom stereocenters. The van der Waals surface area contributed by atoms with E-state index in [0.717, 1.165) is 13.1 Å². The van der Waals surface area contributed by atoms with Crippen LogP contribution in [-0.4, -0.2) is 31.2 Å². The number of ether oxygens (including phenoxy) is 1. The molecule has 1 N–H and O–H groups in total. The summed E-state index contributed by atoms with van der Waals surface area (Å²) >= 11 is 7.21. The maximum Gasteiger partial charge on any atom is 0.351 e. The highest BCUT2D eigenvalue weighted by Gasteiger charge is 2.18. The van der Waals surface area contributed by atoms with E-state index in [9.17, 15) is 4.79 Å². The third-order valence-corrected chi connectivity index (χ3v) is 5.45. The number of halogens is 1. The third-order valence-electron chi connectivity index (χ3n) is 4.08. The minimum atomic E-state index is -0.459.